The van der Waals surface area contributed by atoms with Gasteiger partial charge in [-0.05, 0) is 40.0 Å². The maximum atomic E-state index is 6.17. The van der Waals surface area contributed by atoms with Crippen LogP contribution in [0.15, 0.2) is 57.4 Å². The largest absolute Gasteiger partial charge is 0.419 e. The molecule has 3 aromatic rings. The summed E-state index contributed by atoms with van der Waals surface area (Å²) in [5, 5.41) is 8.19. The summed E-state index contributed by atoms with van der Waals surface area (Å²) in [4.78, 5) is 0. The topological polar surface area (TPSA) is 64.9 Å². The van der Waals surface area contributed by atoms with Crippen molar-refractivity contribution >= 4 is 15.9 Å². The van der Waals surface area contributed by atoms with Crippen molar-refractivity contribution in [3.63, 3.8) is 0 Å². The number of nitrogens with two attached hydrogens (primary N) is 1. The number of aromatic nitrogens is 2. The van der Waals surface area contributed by atoms with Crippen LogP contribution in [-0.2, 0) is 0 Å². The third-order valence-electron chi connectivity index (χ3n) is 3.29. The fourth-order valence-corrected chi connectivity index (χ4v) is 2.52. The second-order valence-electron chi connectivity index (χ2n) is 4.77. The molecule has 2 N–H and O–H groups in total. The van der Waals surface area contributed by atoms with Crippen LogP contribution in [0.1, 0.15) is 23.1 Å². The molecule has 1 atom stereocenters. The number of hydrogen-bond acceptors (Lipinski definition) is 4. The van der Waals surface area contributed by atoms with E-state index in [1.54, 1.807) is 0 Å². The highest BCUT2D eigenvalue weighted by atomic mass is 79.9. The monoisotopic (exact) mass is 343 g/mol. The van der Waals surface area contributed by atoms with Gasteiger partial charge < -0.3 is 10.2 Å². The molecular weight excluding hydrogens is 330 g/mol. The highest BCUT2D eigenvalue weighted by molar-refractivity contribution is 9.10. The lowest BCUT2D eigenvalue weighted by molar-refractivity contribution is 0.484. The Hall–Kier alpha value is -1.98. The molecule has 2 aromatic carbocycles. The maximum Gasteiger partial charge on any atom is 0.248 e. The lowest BCUT2D eigenvalue weighted by Crippen LogP contribution is -2.11. The number of hydrogen-bond donors (Lipinski definition) is 1. The lowest BCUT2D eigenvalue weighted by atomic mass is 10.1. The zero-order chi connectivity index (χ0) is 14.8. The van der Waals surface area contributed by atoms with Crippen LogP contribution in [-0.4, -0.2) is 10.2 Å². The van der Waals surface area contributed by atoms with Crippen LogP contribution in [0.5, 0.6) is 0 Å². The fourth-order valence-electron chi connectivity index (χ4n) is 2.08. The molecule has 0 radical (unpaired) electrons. The van der Waals surface area contributed by atoms with Gasteiger partial charge >= 0.3 is 0 Å². The molecule has 0 fully saturated rings. The SMILES string of the molecule is Cc1cccc(-c2nnc(C(N)c3ccccc3)o2)c1Br. The molecule has 0 aliphatic rings. The Morgan fingerprint density at radius 2 is 1.81 bits per heavy atom. The van der Waals surface area contributed by atoms with Crippen molar-refractivity contribution in [2.75, 3.05) is 0 Å². The molecule has 21 heavy (non-hydrogen) atoms. The normalized spacial score (nSPS) is 12.3. The van der Waals surface area contributed by atoms with Crippen LogP contribution in [0, 0.1) is 6.92 Å². The molecular formula is C16H14BrN3O. The summed E-state index contributed by atoms with van der Waals surface area (Å²) >= 11 is 3.55. The molecule has 5 heteroatoms. The molecule has 0 spiro atoms. The first-order chi connectivity index (χ1) is 10.2. The minimum absolute atomic E-state index is 0.407. The van der Waals surface area contributed by atoms with Gasteiger partial charge in [0, 0.05) is 4.47 Å². The predicted molar refractivity (Wildman–Crippen MR) is 84.6 cm³/mol. The lowest BCUT2D eigenvalue weighted by Gasteiger charge is -2.06. The molecule has 0 saturated carbocycles. The predicted octanol–water partition coefficient (Wildman–Crippen LogP) is 3.86. The summed E-state index contributed by atoms with van der Waals surface area (Å²) in [6.07, 6.45) is 0. The van der Waals surface area contributed by atoms with E-state index >= 15 is 0 Å². The highest BCUT2D eigenvalue weighted by Crippen LogP contribution is 2.31. The molecule has 4 nitrogen and oxygen atoms in total. The Bertz CT molecular complexity index is 755. The molecule has 0 amide bonds. The standard InChI is InChI=1S/C16H14BrN3O/c1-10-6-5-9-12(13(10)17)15-19-20-16(21-15)14(18)11-7-3-2-4-8-11/h2-9,14H,18H2,1H3. The number of rotatable bonds is 3. The first kappa shape index (κ1) is 14.0. The van der Waals surface area contributed by atoms with Gasteiger partial charge in [0.15, 0.2) is 0 Å². The number of halogens is 1. The van der Waals surface area contributed by atoms with E-state index in [0.717, 1.165) is 21.2 Å². The first-order valence-electron chi connectivity index (χ1n) is 6.56. The molecule has 0 bridgehead atoms. The van der Waals surface area contributed by atoms with E-state index in [9.17, 15) is 0 Å². The zero-order valence-electron chi connectivity index (χ0n) is 11.5. The molecule has 0 aliphatic heterocycles. The third kappa shape index (κ3) is 2.75. The van der Waals surface area contributed by atoms with Crippen molar-refractivity contribution in [3.05, 3.63) is 70.0 Å². The molecule has 3 rings (SSSR count). The molecule has 0 saturated heterocycles. The van der Waals surface area contributed by atoms with Crippen molar-refractivity contribution in [2.24, 2.45) is 5.73 Å². The van der Waals surface area contributed by atoms with Crippen molar-refractivity contribution in [1.82, 2.24) is 10.2 Å². The zero-order valence-corrected chi connectivity index (χ0v) is 13.0. The minimum atomic E-state index is -0.420. The Labute approximate surface area is 131 Å². The van der Waals surface area contributed by atoms with Crippen LogP contribution in [0.4, 0.5) is 0 Å². The van der Waals surface area contributed by atoms with E-state index in [1.165, 1.54) is 0 Å². The summed E-state index contributed by atoms with van der Waals surface area (Å²) in [6, 6.07) is 15.2. The van der Waals surface area contributed by atoms with E-state index in [1.807, 2.05) is 55.5 Å². The van der Waals surface area contributed by atoms with Gasteiger partial charge in [-0.2, -0.15) is 0 Å². The van der Waals surface area contributed by atoms with Crippen LogP contribution in [0.2, 0.25) is 0 Å². The summed E-state index contributed by atoms with van der Waals surface area (Å²) in [6.45, 7) is 2.01. The van der Waals surface area contributed by atoms with Crippen molar-refractivity contribution in [1.29, 1.82) is 0 Å². The third-order valence-corrected chi connectivity index (χ3v) is 4.34. The Morgan fingerprint density at radius 1 is 1.05 bits per heavy atom. The Balaban J connectivity index is 1.95. The number of aryl methyl sites for hydroxylation is 1. The van der Waals surface area contributed by atoms with E-state index in [4.69, 9.17) is 10.2 Å². The minimum Gasteiger partial charge on any atom is -0.419 e. The van der Waals surface area contributed by atoms with Gasteiger partial charge in [-0.1, -0.05) is 42.5 Å². The van der Waals surface area contributed by atoms with Gasteiger partial charge in [-0.15, -0.1) is 10.2 Å². The van der Waals surface area contributed by atoms with Crippen LogP contribution in [0.25, 0.3) is 11.5 Å². The second kappa shape index (κ2) is 5.79. The summed E-state index contributed by atoms with van der Waals surface area (Å²) in [5.74, 6) is 0.872. The van der Waals surface area contributed by atoms with Crippen LogP contribution < -0.4 is 5.73 Å². The average Bonchev–Trinajstić information content (AvgIpc) is 3.00. The fraction of sp³-hybridized carbons (Fsp3) is 0.125. The summed E-state index contributed by atoms with van der Waals surface area (Å²) in [7, 11) is 0. The summed E-state index contributed by atoms with van der Waals surface area (Å²) in [5.41, 5.74) is 9.09. The Kier molecular flexibility index (Phi) is 3.86. The molecule has 1 aromatic heterocycles. The van der Waals surface area contributed by atoms with E-state index in [-0.39, 0.29) is 0 Å². The number of benzene rings is 2. The smallest absolute Gasteiger partial charge is 0.248 e. The van der Waals surface area contributed by atoms with Gasteiger partial charge in [-0.25, -0.2) is 0 Å². The van der Waals surface area contributed by atoms with Gasteiger partial charge in [0.1, 0.15) is 6.04 Å². The average molecular weight is 344 g/mol. The van der Waals surface area contributed by atoms with Crippen molar-refractivity contribution in [2.45, 2.75) is 13.0 Å². The van der Waals surface area contributed by atoms with Crippen molar-refractivity contribution in [3.8, 4) is 11.5 Å². The molecule has 1 unspecified atom stereocenters. The maximum absolute atomic E-state index is 6.17. The first-order valence-corrected chi connectivity index (χ1v) is 7.35. The summed E-state index contributed by atoms with van der Waals surface area (Å²) < 4.78 is 6.70. The molecule has 0 aliphatic carbocycles. The van der Waals surface area contributed by atoms with Gasteiger partial charge in [0.25, 0.3) is 0 Å². The van der Waals surface area contributed by atoms with Crippen LogP contribution in [0.3, 0.4) is 0 Å². The van der Waals surface area contributed by atoms with E-state index < -0.39 is 6.04 Å². The quantitative estimate of drug-likeness (QED) is 0.784. The van der Waals surface area contributed by atoms with Crippen LogP contribution >= 0.6 is 15.9 Å². The Morgan fingerprint density at radius 3 is 2.57 bits per heavy atom. The van der Waals surface area contributed by atoms with Gasteiger partial charge in [-0.3, -0.25) is 0 Å². The van der Waals surface area contributed by atoms with Crippen molar-refractivity contribution < 1.29 is 4.42 Å². The second-order valence-corrected chi connectivity index (χ2v) is 5.56. The van der Waals surface area contributed by atoms with E-state index in [0.29, 0.717) is 11.8 Å². The van der Waals surface area contributed by atoms with E-state index in [2.05, 4.69) is 26.1 Å². The highest BCUT2D eigenvalue weighted by Gasteiger charge is 2.18. The number of nitrogens with zero attached hydrogens (tertiary/aromatic N) is 2. The van der Waals surface area contributed by atoms with Gasteiger partial charge in [0.2, 0.25) is 11.8 Å². The van der Waals surface area contributed by atoms with Gasteiger partial charge in [0.05, 0.1) is 5.56 Å². The molecule has 1 heterocycles. The molecule has 106 valence electrons.